The maximum Gasteiger partial charge on any atom is 0.124 e. The molecule has 0 spiro atoms. The predicted molar refractivity (Wildman–Crippen MR) is 143 cm³/mol. The Morgan fingerprint density at radius 1 is 0.618 bits per heavy atom. The molecular formula is C30H30N2O2. The zero-order valence-electron chi connectivity index (χ0n) is 20.0. The fourth-order valence-corrected chi connectivity index (χ4v) is 3.87. The van der Waals surface area contributed by atoms with E-state index in [0.29, 0.717) is 23.0 Å². The highest BCUT2D eigenvalue weighted by Crippen LogP contribution is 2.35. The molecule has 0 amide bonds. The molecule has 0 bridgehead atoms. The molecule has 0 saturated heterocycles. The Morgan fingerprint density at radius 3 is 1.47 bits per heavy atom. The van der Waals surface area contributed by atoms with Gasteiger partial charge in [0, 0.05) is 28.9 Å². The van der Waals surface area contributed by atoms with Crippen molar-refractivity contribution in [2.24, 2.45) is 9.98 Å². The molecule has 0 aliphatic heterocycles. The van der Waals surface area contributed by atoms with E-state index in [1.54, 1.807) is 24.6 Å². The number of hydrogen-bond donors (Lipinski definition) is 2. The van der Waals surface area contributed by atoms with Crippen molar-refractivity contribution in [1.29, 1.82) is 0 Å². The molecule has 4 nitrogen and oxygen atoms in total. The van der Waals surface area contributed by atoms with Crippen LogP contribution in [0.5, 0.6) is 11.5 Å². The van der Waals surface area contributed by atoms with Crippen molar-refractivity contribution in [2.75, 3.05) is 0 Å². The number of aromatic hydroxyl groups is 2. The molecule has 0 aromatic heterocycles. The lowest BCUT2D eigenvalue weighted by Gasteiger charge is -2.09. The van der Waals surface area contributed by atoms with Crippen molar-refractivity contribution in [3.05, 3.63) is 95.1 Å². The Hall–Kier alpha value is -3.92. The maximum absolute atomic E-state index is 10.3. The summed E-state index contributed by atoms with van der Waals surface area (Å²) in [5.74, 6) is 1.12. The summed E-state index contributed by atoms with van der Waals surface area (Å²) in [4.78, 5) is 9.46. The molecule has 0 aliphatic carbocycles. The first-order chi connectivity index (χ1) is 16.3. The Morgan fingerprint density at radius 2 is 1.06 bits per heavy atom. The van der Waals surface area contributed by atoms with Gasteiger partial charge in [-0.05, 0) is 64.7 Å². The van der Waals surface area contributed by atoms with Crippen LogP contribution in [0.3, 0.4) is 0 Å². The van der Waals surface area contributed by atoms with E-state index in [2.05, 4.69) is 27.7 Å². The van der Waals surface area contributed by atoms with Crippen LogP contribution in [0.25, 0.3) is 10.8 Å². The van der Waals surface area contributed by atoms with Gasteiger partial charge in [-0.1, -0.05) is 64.1 Å². The van der Waals surface area contributed by atoms with E-state index in [4.69, 9.17) is 9.98 Å². The number of hydrogen-bond acceptors (Lipinski definition) is 4. The molecule has 4 heteroatoms. The summed E-state index contributed by atoms with van der Waals surface area (Å²) in [7, 11) is 0. The van der Waals surface area contributed by atoms with Crippen LogP contribution < -0.4 is 0 Å². The van der Waals surface area contributed by atoms with E-state index < -0.39 is 0 Å². The van der Waals surface area contributed by atoms with E-state index in [9.17, 15) is 10.2 Å². The average Bonchev–Trinajstić information content (AvgIpc) is 2.82. The summed E-state index contributed by atoms with van der Waals surface area (Å²) in [6, 6.07) is 23.1. The largest absolute Gasteiger partial charge is 0.507 e. The number of rotatable bonds is 6. The quantitative estimate of drug-likeness (QED) is 0.292. The first kappa shape index (κ1) is 23.2. The van der Waals surface area contributed by atoms with Crippen molar-refractivity contribution < 1.29 is 10.2 Å². The number of aliphatic imine (C=N–C) groups is 2. The van der Waals surface area contributed by atoms with Crippen LogP contribution in [0.4, 0.5) is 11.4 Å². The lowest BCUT2D eigenvalue weighted by atomic mass is 10.0. The minimum atomic E-state index is 0.201. The zero-order valence-corrected chi connectivity index (χ0v) is 20.0. The van der Waals surface area contributed by atoms with Gasteiger partial charge in [0.25, 0.3) is 0 Å². The van der Waals surface area contributed by atoms with Crippen molar-refractivity contribution in [1.82, 2.24) is 0 Å². The number of benzene rings is 4. The van der Waals surface area contributed by atoms with Gasteiger partial charge in [0.15, 0.2) is 0 Å². The monoisotopic (exact) mass is 450 g/mol. The summed E-state index contributed by atoms with van der Waals surface area (Å²) >= 11 is 0. The van der Waals surface area contributed by atoms with Crippen LogP contribution >= 0.6 is 0 Å². The third-order valence-corrected chi connectivity index (χ3v) is 5.98. The van der Waals surface area contributed by atoms with E-state index in [0.717, 1.165) is 33.3 Å². The Bertz CT molecular complexity index is 1280. The lowest BCUT2D eigenvalue weighted by Crippen LogP contribution is -1.91. The van der Waals surface area contributed by atoms with Gasteiger partial charge >= 0.3 is 0 Å². The molecule has 4 aromatic carbocycles. The van der Waals surface area contributed by atoms with Gasteiger partial charge in [0.1, 0.15) is 11.5 Å². The molecule has 0 unspecified atom stereocenters. The SMILES string of the molecule is CC(C)c1ccc(O)c(C=Nc2cccc3cccc(N=Cc4cc(C(C)C)ccc4O)c23)c1. The predicted octanol–water partition coefficient (Wildman–Crippen LogP) is 8.00. The van der Waals surface area contributed by atoms with E-state index in [-0.39, 0.29) is 11.5 Å². The number of phenolic OH excluding ortho intramolecular Hbond substituents is 2. The third-order valence-electron chi connectivity index (χ3n) is 5.98. The second-order valence-corrected chi connectivity index (χ2v) is 9.11. The van der Waals surface area contributed by atoms with Gasteiger partial charge in [-0.25, -0.2) is 0 Å². The lowest BCUT2D eigenvalue weighted by molar-refractivity contribution is 0.473. The minimum absolute atomic E-state index is 0.201. The Kier molecular flexibility index (Phi) is 6.78. The second-order valence-electron chi connectivity index (χ2n) is 9.11. The summed E-state index contributed by atoms with van der Waals surface area (Å²) in [5, 5.41) is 22.6. The average molecular weight is 451 g/mol. The fourth-order valence-electron chi connectivity index (χ4n) is 3.87. The van der Waals surface area contributed by atoms with Crippen molar-refractivity contribution in [2.45, 2.75) is 39.5 Å². The minimum Gasteiger partial charge on any atom is -0.507 e. The smallest absolute Gasteiger partial charge is 0.124 e. The fraction of sp³-hybridized carbons (Fsp3) is 0.200. The van der Waals surface area contributed by atoms with E-state index in [1.165, 1.54) is 0 Å². The molecule has 0 radical (unpaired) electrons. The van der Waals surface area contributed by atoms with Crippen LogP contribution in [0.1, 0.15) is 61.8 Å². The third kappa shape index (κ3) is 5.01. The molecule has 0 fully saturated rings. The van der Waals surface area contributed by atoms with Crippen LogP contribution in [-0.4, -0.2) is 22.6 Å². The molecule has 4 aromatic rings. The standard InChI is InChI=1S/C30H30N2O2/c1-19(2)22-11-13-28(33)24(15-22)17-31-26-9-5-7-21-8-6-10-27(30(21)26)32-18-25-16-23(20(3)4)12-14-29(25)34/h5-20,33-34H,1-4H3. The van der Waals surface area contributed by atoms with Crippen LogP contribution in [0.2, 0.25) is 0 Å². The zero-order chi connectivity index (χ0) is 24.2. The summed E-state index contributed by atoms with van der Waals surface area (Å²) < 4.78 is 0. The molecule has 0 atom stereocenters. The van der Waals surface area contributed by atoms with Crippen LogP contribution in [-0.2, 0) is 0 Å². The molecule has 2 N–H and O–H groups in total. The molecule has 0 saturated carbocycles. The van der Waals surface area contributed by atoms with Gasteiger partial charge in [-0.15, -0.1) is 0 Å². The summed E-state index contributed by atoms with van der Waals surface area (Å²) in [6.45, 7) is 8.49. The van der Waals surface area contributed by atoms with Crippen molar-refractivity contribution >= 4 is 34.6 Å². The van der Waals surface area contributed by atoms with Gasteiger partial charge in [0.2, 0.25) is 0 Å². The first-order valence-corrected chi connectivity index (χ1v) is 11.6. The number of fused-ring (bicyclic) bond motifs is 1. The topological polar surface area (TPSA) is 65.2 Å². The second kappa shape index (κ2) is 9.92. The molecule has 0 aliphatic rings. The molecular weight excluding hydrogens is 420 g/mol. The van der Waals surface area contributed by atoms with Crippen LogP contribution in [0.15, 0.2) is 82.8 Å². The molecule has 34 heavy (non-hydrogen) atoms. The van der Waals surface area contributed by atoms with Gasteiger partial charge in [-0.2, -0.15) is 0 Å². The maximum atomic E-state index is 10.3. The van der Waals surface area contributed by atoms with Crippen molar-refractivity contribution in [3.63, 3.8) is 0 Å². The highest BCUT2D eigenvalue weighted by atomic mass is 16.3. The number of phenols is 2. The normalized spacial score (nSPS) is 12.1. The van der Waals surface area contributed by atoms with E-state index >= 15 is 0 Å². The molecule has 172 valence electrons. The first-order valence-electron chi connectivity index (χ1n) is 11.6. The highest BCUT2D eigenvalue weighted by Gasteiger charge is 2.08. The summed E-state index contributed by atoms with van der Waals surface area (Å²) in [6.07, 6.45) is 3.41. The van der Waals surface area contributed by atoms with Gasteiger partial charge in [-0.3, -0.25) is 9.98 Å². The summed E-state index contributed by atoms with van der Waals surface area (Å²) in [5.41, 5.74) is 5.18. The van der Waals surface area contributed by atoms with E-state index in [1.807, 2.05) is 60.7 Å². The molecule has 0 heterocycles. The number of nitrogens with zero attached hydrogens (tertiary/aromatic N) is 2. The van der Waals surface area contributed by atoms with Gasteiger partial charge in [0.05, 0.1) is 11.4 Å². The van der Waals surface area contributed by atoms with Gasteiger partial charge < -0.3 is 10.2 Å². The van der Waals surface area contributed by atoms with Crippen LogP contribution in [0, 0.1) is 0 Å². The Labute approximate surface area is 201 Å². The Balaban J connectivity index is 1.76. The van der Waals surface area contributed by atoms with Crippen molar-refractivity contribution in [3.8, 4) is 11.5 Å². The molecule has 4 rings (SSSR count). The highest BCUT2D eigenvalue weighted by molar-refractivity contribution is 6.04.